The van der Waals surface area contributed by atoms with Gasteiger partial charge in [-0.1, -0.05) is 34.1 Å². The van der Waals surface area contributed by atoms with Crippen LogP contribution in [0, 0.1) is 68.5 Å². The first-order valence-corrected chi connectivity index (χ1v) is 28.8. The van der Waals surface area contributed by atoms with Crippen LogP contribution in [0.25, 0.3) is 0 Å². The molecule has 10 fully saturated rings. The summed E-state index contributed by atoms with van der Waals surface area (Å²) in [6.07, 6.45) is 28.3. The van der Waals surface area contributed by atoms with Gasteiger partial charge in [0.25, 0.3) is 0 Å². The molecule has 69 heavy (non-hydrogen) atoms. The molecule has 8 heteroatoms. The second-order valence-electron chi connectivity index (χ2n) is 28.4. The van der Waals surface area contributed by atoms with E-state index < -0.39 is 0 Å². The van der Waals surface area contributed by atoms with Crippen LogP contribution in [0.5, 0.6) is 0 Å². The average Bonchev–Trinajstić information content (AvgIpc) is 3.70. The maximum atomic E-state index is 12.6. The summed E-state index contributed by atoms with van der Waals surface area (Å²) in [5.74, 6) is 5.73. The average molecular weight is 968 g/mol. The number of carbonyl (C=O) groups excluding carboxylic acids is 4. The molecule has 10 aliphatic rings. The van der Waals surface area contributed by atoms with Gasteiger partial charge in [0.1, 0.15) is 22.4 Å². The molecular weight excluding hydrogens is 861 g/mol. The van der Waals surface area contributed by atoms with Crippen molar-refractivity contribution in [1.29, 1.82) is 0 Å². The van der Waals surface area contributed by atoms with E-state index in [9.17, 15) is 19.2 Å². The maximum absolute atomic E-state index is 12.6. The van der Waals surface area contributed by atoms with E-state index in [2.05, 4.69) is 48.5 Å². The largest absolute Gasteiger partial charge is 0.459 e. The van der Waals surface area contributed by atoms with Crippen molar-refractivity contribution in [1.82, 2.24) is 0 Å². The molecule has 0 saturated heterocycles. The van der Waals surface area contributed by atoms with E-state index >= 15 is 0 Å². The minimum absolute atomic E-state index is 0.00857. The van der Waals surface area contributed by atoms with E-state index in [0.29, 0.717) is 11.8 Å². The van der Waals surface area contributed by atoms with E-state index in [4.69, 9.17) is 18.9 Å². The molecular formula is C61H106O8. The second-order valence-corrected chi connectivity index (χ2v) is 28.4. The number of hydrogen-bond donors (Lipinski definition) is 0. The first kappa shape index (κ1) is 57.8. The molecule has 0 unspecified atom stereocenters. The summed E-state index contributed by atoms with van der Waals surface area (Å²) in [6, 6.07) is 0. The minimum atomic E-state index is -0.362. The highest BCUT2D eigenvalue weighted by molar-refractivity contribution is 5.77. The van der Waals surface area contributed by atoms with Gasteiger partial charge >= 0.3 is 23.9 Å². The fraction of sp³-hybridized carbons (Fsp3) is 0.934. The smallest absolute Gasteiger partial charge is 0.312 e. The molecule has 10 aliphatic carbocycles. The van der Waals surface area contributed by atoms with Crippen molar-refractivity contribution in [3.05, 3.63) is 0 Å². The Morgan fingerprint density at radius 1 is 0.406 bits per heavy atom. The predicted molar refractivity (Wildman–Crippen MR) is 279 cm³/mol. The van der Waals surface area contributed by atoms with Gasteiger partial charge in [0.15, 0.2) is 0 Å². The molecule has 0 heterocycles. The first-order chi connectivity index (χ1) is 31.8. The van der Waals surface area contributed by atoms with Crippen molar-refractivity contribution < 1.29 is 38.1 Å². The lowest BCUT2D eigenvalue weighted by molar-refractivity contribution is -0.211. The summed E-state index contributed by atoms with van der Waals surface area (Å²) < 4.78 is 23.6. The number of esters is 4. The Bertz CT molecular complexity index is 1690. The van der Waals surface area contributed by atoms with Gasteiger partial charge in [-0.2, -0.15) is 0 Å². The standard InChI is InChI=1S/C19H32O2.C17H28O2.C13H24O2.C12H22O2/c1-6-17(2,3)16(20)21-18(4,5)19-10-13-7-14(11-19)9-15(8-13)12-19;1-5-16(2,3)15(18)19-17(4)13-7-11-6-12(9-13)10-14(17)8-11;1-5-12(2,3)11(14)15-13(4)9-7-6-8-10-13;1-5-11(2,3)10(13)14-12(4)8-6-7-9-12/h13-15H,6-12H2,1-5H3;11-14H,5-10H2,1-4H3;5-10H2,1-4H3;5-9H2,1-4H3. The second kappa shape index (κ2) is 21.8. The van der Waals surface area contributed by atoms with Gasteiger partial charge in [-0.3, -0.25) is 19.2 Å². The van der Waals surface area contributed by atoms with Crippen LogP contribution in [0.15, 0.2) is 0 Å². The Hall–Kier alpha value is -2.12. The molecule has 10 rings (SSSR count). The van der Waals surface area contributed by atoms with Crippen LogP contribution in [0.3, 0.4) is 0 Å². The predicted octanol–water partition coefficient (Wildman–Crippen LogP) is 16.1. The highest BCUT2D eigenvalue weighted by Gasteiger charge is 2.60. The number of hydrogen-bond acceptors (Lipinski definition) is 8. The van der Waals surface area contributed by atoms with Crippen molar-refractivity contribution >= 4 is 23.9 Å². The molecule has 8 bridgehead atoms. The lowest BCUT2D eigenvalue weighted by Crippen LogP contribution is -2.58. The third-order valence-corrected chi connectivity index (χ3v) is 20.7. The molecule has 10 saturated carbocycles. The molecule has 0 radical (unpaired) electrons. The highest BCUT2D eigenvalue weighted by atomic mass is 16.6. The summed E-state index contributed by atoms with van der Waals surface area (Å²) in [4.78, 5) is 48.8. The highest BCUT2D eigenvalue weighted by Crippen LogP contribution is 2.65. The quantitative estimate of drug-likeness (QED) is 0.133. The molecule has 0 atom stereocenters. The monoisotopic (exact) mass is 967 g/mol. The Morgan fingerprint density at radius 2 is 0.696 bits per heavy atom. The lowest BCUT2D eigenvalue weighted by atomic mass is 9.46. The van der Waals surface area contributed by atoms with E-state index in [1.54, 1.807) is 0 Å². The topological polar surface area (TPSA) is 105 Å². The van der Waals surface area contributed by atoms with Crippen LogP contribution in [-0.4, -0.2) is 46.3 Å². The Morgan fingerprint density at radius 3 is 1.03 bits per heavy atom. The Labute approximate surface area is 423 Å². The van der Waals surface area contributed by atoms with E-state index in [1.807, 2.05) is 69.2 Å². The van der Waals surface area contributed by atoms with Gasteiger partial charge in [-0.05, 0) is 279 Å². The van der Waals surface area contributed by atoms with Crippen molar-refractivity contribution in [3.63, 3.8) is 0 Å². The van der Waals surface area contributed by atoms with Crippen molar-refractivity contribution in [2.75, 3.05) is 0 Å². The summed E-state index contributed by atoms with van der Waals surface area (Å²) in [5, 5.41) is 0. The van der Waals surface area contributed by atoms with E-state index in [-0.39, 0.29) is 73.4 Å². The Balaban J connectivity index is 0.000000174. The zero-order chi connectivity index (χ0) is 51.6. The SMILES string of the molecule is CCC(C)(C)C(=O)OC(C)(C)C12CC3CC(CC(C3)C1)C2.CCC(C)(C)C(=O)OC1(C)C2CC3CC(C2)CC1C3.CCC(C)(C)C(=O)OC1(C)CCCC1.CCC(C)(C)C(=O)OC1(C)CCCCC1. The third kappa shape index (κ3) is 13.5. The van der Waals surface area contributed by atoms with Crippen LogP contribution < -0.4 is 0 Å². The minimum Gasteiger partial charge on any atom is -0.459 e. The molecule has 398 valence electrons. The van der Waals surface area contributed by atoms with Gasteiger partial charge < -0.3 is 18.9 Å². The maximum Gasteiger partial charge on any atom is 0.312 e. The third-order valence-electron chi connectivity index (χ3n) is 20.7. The van der Waals surface area contributed by atoms with Gasteiger partial charge in [0.2, 0.25) is 0 Å². The van der Waals surface area contributed by atoms with Crippen molar-refractivity contribution in [3.8, 4) is 0 Å². The van der Waals surface area contributed by atoms with Crippen LogP contribution >= 0.6 is 0 Å². The van der Waals surface area contributed by atoms with Crippen molar-refractivity contribution in [2.24, 2.45) is 68.5 Å². The van der Waals surface area contributed by atoms with Crippen molar-refractivity contribution in [2.45, 2.75) is 294 Å². The first-order valence-electron chi connectivity index (χ1n) is 28.8. The molecule has 0 aromatic heterocycles. The normalized spacial score (nSPS) is 32.8. The molecule has 8 nitrogen and oxygen atoms in total. The Kier molecular flexibility index (Phi) is 18.2. The van der Waals surface area contributed by atoms with Gasteiger partial charge in [0.05, 0.1) is 21.7 Å². The molecule has 0 aromatic carbocycles. The van der Waals surface area contributed by atoms with Crippen LogP contribution in [0.1, 0.15) is 272 Å². The van der Waals surface area contributed by atoms with Gasteiger partial charge in [-0.25, -0.2) is 0 Å². The summed E-state index contributed by atoms with van der Waals surface area (Å²) in [5.41, 5.74) is -1.96. The van der Waals surface area contributed by atoms with Gasteiger partial charge in [0, 0.05) is 5.41 Å². The van der Waals surface area contributed by atoms with Crippen LogP contribution in [0.4, 0.5) is 0 Å². The summed E-state index contributed by atoms with van der Waals surface area (Å²) >= 11 is 0. The molecule has 0 spiro atoms. The van der Waals surface area contributed by atoms with Crippen LogP contribution in [0.2, 0.25) is 0 Å². The molecule has 0 N–H and O–H groups in total. The number of carbonyl (C=O) groups is 4. The fourth-order valence-corrected chi connectivity index (χ4v) is 13.9. The zero-order valence-electron chi connectivity index (χ0n) is 47.8. The van der Waals surface area contributed by atoms with Gasteiger partial charge in [-0.15, -0.1) is 0 Å². The zero-order valence-corrected chi connectivity index (χ0v) is 47.8. The van der Waals surface area contributed by atoms with Crippen LogP contribution in [-0.2, 0) is 38.1 Å². The lowest BCUT2D eigenvalue weighted by Gasteiger charge is -2.61. The number of ether oxygens (including phenoxy) is 4. The molecule has 0 aromatic rings. The molecule has 0 amide bonds. The fourth-order valence-electron chi connectivity index (χ4n) is 13.9. The summed E-state index contributed by atoms with van der Waals surface area (Å²) in [7, 11) is 0. The van der Waals surface area contributed by atoms with E-state index in [0.717, 1.165) is 81.0 Å². The summed E-state index contributed by atoms with van der Waals surface area (Å²) in [6.45, 7) is 34.8. The number of rotatable bonds is 13. The van der Waals surface area contributed by atoms with E-state index in [1.165, 1.54) is 103 Å². The molecule has 0 aliphatic heterocycles.